The third-order valence-corrected chi connectivity index (χ3v) is 1.61. The van der Waals surface area contributed by atoms with Crippen molar-refractivity contribution in [3.63, 3.8) is 0 Å². The second kappa shape index (κ2) is 9.59. The Morgan fingerprint density at radius 2 is 2.18 bits per heavy atom. The average molecular weight is 240 g/mol. The third kappa shape index (κ3) is 7.30. The molecule has 0 aliphatic carbocycles. The van der Waals surface area contributed by atoms with Crippen molar-refractivity contribution in [2.24, 2.45) is 0 Å². The summed E-state index contributed by atoms with van der Waals surface area (Å²) in [5.41, 5.74) is 0. The van der Waals surface area contributed by atoms with E-state index >= 15 is 0 Å². The Labute approximate surface area is 102 Å². The van der Waals surface area contributed by atoms with Crippen LogP contribution in [0.3, 0.4) is 0 Å². The molecule has 17 heavy (non-hydrogen) atoms. The molecule has 1 aromatic rings. The smallest absolute Gasteiger partial charge is 0.222 e. The molecule has 5 heteroatoms. The maximum absolute atomic E-state index is 10.7. The quantitative estimate of drug-likeness (QED) is 0.770. The molecule has 0 unspecified atom stereocenters. The summed E-state index contributed by atoms with van der Waals surface area (Å²) in [6, 6.07) is 3.38. The Bertz CT molecular complexity index is 312. The highest BCUT2D eigenvalue weighted by Crippen LogP contribution is 2.11. The number of pyridine rings is 1. The Kier molecular flexibility index (Phi) is 8.68. The number of nitrogens with one attached hydrogen (secondary N) is 1. The van der Waals surface area contributed by atoms with Crippen molar-refractivity contribution in [2.75, 3.05) is 18.5 Å². The van der Waals surface area contributed by atoms with Crippen LogP contribution in [0.25, 0.3) is 0 Å². The Morgan fingerprint density at radius 1 is 1.47 bits per heavy atom. The maximum atomic E-state index is 10.7. The summed E-state index contributed by atoms with van der Waals surface area (Å²) in [4.78, 5) is 14.7. The summed E-state index contributed by atoms with van der Waals surface area (Å²) >= 11 is 0. The predicted molar refractivity (Wildman–Crippen MR) is 67.1 cm³/mol. The first-order chi connectivity index (χ1) is 8.22. The zero-order chi connectivity index (χ0) is 13.1. The van der Waals surface area contributed by atoms with Gasteiger partial charge in [-0.15, -0.1) is 0 Å². The highest BCUT2D eigenvalue weighted by Gasteiger charge is 1.98. The van der Waals surface area contributed by atoms with E-state index in [1.54, 1.807) is 12.1 Å². The molecule has 0 aliphatic heterocycles. The topological polar surface area (TPSA) is 71.5 Å². The first kappa shape index (κ1) is 15.4. The molecule has 1 heterocycles. The number of hydrogen-bond acceptors (Lipinski definition) is 4. The van der Waals surface area contributed by atoms with Crippen LogP contribution in [0.15, 0.2) is 18.3 Å². The van der Waals surface area contributed by atoms with Crippen molar-refractivity contribution in [3.05, 3.63) is 18.3 Å². The van der Waals surface area contributed by atoms with Crippen molar-refractivity contribution in [2.45, 2.75) is 27.2 Å². The van der Waals surface area contributed by atoms with Crippen LogP contribution in [0.5, 0.6) is 5.75 Å². The van der Waals surface area contributed by atoms with Crippen molar-refractivity contribution in [1.29, 1.82) is 0 Å². The Morgan fingerprint density at radius 3 is 2.65 bits per heavy atom. The van der Waals surface area contributed by atoms with Gasteiger partial charge in [-0.2, -0.15) is 0 Å². The van der Waals surface area contributed by atoms with Gasteiger partial charge in [-0.1, -0.05) is 13.8 Å². The molecule has 0 aromatic carbocycles. The highest BCUT2D eigenvalue weighted by molar-refractivity contribution is 5.87. The fourth-order valence-electron chi connectivity index (χ4n) is 0.975. The fourth-order valence-corrected chi connectivity index (χ4v) is 0.975. The first-order valence-corrected chi connectivity index (χ1v) is 5.69. The molecule has 1 amide bonds. The minimum Gasteiger partial charge on any atom is -0.492 e. The highest BCUT2D eigenvalue weighted by atomic mass is 16.5. The molecular weight excluding hydrogens is 220 g/mol. The lowest BCUT2D eigenvalue weighted by Crippen LogP contribution is -2.07. The molecule has 0 saturated heterocycles. The summed E-state index contributed by atoms with van der Waals surface area (Å²) in [5.74, 6) is 0.964. The fraction of sp³-hybridized carbons (Fsp3) is 0.500. The normalized spacial score (nSPS) is 8.94. The molecule has 0 aliphatic rings. The molecule has 5 nitrogen and oxygen atoms in total. The van der Waals surface area contributed by atoms with Crippen LogP contribution in [0.2, 0.25) is 0 Å². The second-order valence-electron chi connectivity index (χ2n) is 2.99. The van der Waals surface area contributed by atoms with Gasteiger partial charge in [0, 0.05) is 20.0 Å². The lowest BCUT2D eigenvalue weighted by molar-refractivity contribution is -0.114. The van der Waals surface area contributed by atoms with E-state index < -0.39 is 0 Å². The lowest BCUT2D eigenvalue weighted by atomic mass is 10.4. The zero-order valence-corrected chi connectivity index (χ0v) is 10.6. The molecule has 1 rings (SSSR count). The number of aromatic nitrogens is 1. The lowest BCUT2D eigenvalue weighted by Gasteiger charge is -2.05. The average Bonchev–Trinajstić information content (AvgIpc) is 2.34. The molecule has 0 atom stereocenters. The minimum atomic E-state index is -0.156. The van der Waals surface area contributed by atoms with E-state index in [0.29, 0.717) is 24.6 Å². The van der Waals surface area contributed by atoms with Gasteiger partial charge in [-0.3, -0.25) is 4.79 Å². The largest absolute Gasteiger partial charge is 0.492 e. The standard InChI is InChI=1S/C10H14N2O3.C2H6/c1-8(14)12-10-4-3-9(7-11-10)15-6-2-5-13;1-2/h3-4,7,13H,2,5-6H2,1H3,(H,11,12,14);1-2H3. The number of carbonyl (C=O) groups is 1. The van der Waals surface area contributed by atoms with Crippen LogP contribution in [0, 0.1) is 0 Å². The summed E-state index contributed by atoms with van der Waals surface area (Å²) in [7, 11) is 0. The number of aliphatic hydroxyl groups is 1. The minimum absolute atomic E-state index is 0.109. The van der Waals surface area contributed by atoms with Crippen molar-refractivity contribution < 1.29 is 14.6 Å². The molecule has 0 bridgehead atoms. The summed E-state index contributed by atoms with van der Waals surface area (Å²) < 4.78 is 5.27. The Hall–Kier alpha value is -1.62. The Balaban J connectivity index is 0.00000121. The molecule has 0 spiro atoms. The van der Waals surface area contributed by atoms with E-state index in [9.17, 15) is 4.79 Å². The van der Waals surface area contributed by atoms with E-state index in [1.807, 2.05) is 13.8 Å². The zero-order valence-electron chi connectivity index (χ0n) is 10.6. The number of carbonyl (C=O) groups excluding carboxylic acids is 1. The van der Waals surface area contributed by atoms with Crippen LogP contribution >= 0.6 is 0 Å². The number of amides is 1. The van der Waals surface area contributed by atoms with Crippen molar-refractivity contribution in [3.8, 4) is 5.75 Å². The van der Waals surface area contributed by atoms with Crippen LogP contribution < -0.4 is 10.1 Å². The number of rotatable bonds is 5. The first-order valence-electron chi connectivity index (χ1n) is 5.69. The van der Waals surface area contributed by atoms with E-state index in [0.717, 1.165) is 0 Å². The third-order valence-electron chi connectivity index (χ3n) is 1.61. The molecule has 2 N–H and O–H groups in total. The van der Waals surface area contributed by atoms with Crippen molar-refractivity contribution in [1.82, 2.24) is 4.98 Å². The van der Waals surface area contributed by atoms with Gasteiger partial charge in [0.05, 0.1) is 12.8 Å². The molecule has 96 valence electrons. The molecule has 1 aromatic heterocycles. The van der Waals surface area contributed by atoms with E-state index in [2.05, 4.69) is 10.3 Å². The van der Waals surface area contributed by atoms with Gasteiger partial charge in [-0.05, 0) is 12.1 Å². The van der Waals surface area contributed by atoms with Gasteiger partial charge in [-0.25, -0.2) is 4.98 Å². The number of nitrogens with zero attached hydrogens (tertiary/aromatic N) is 1. The molecule has 0 radical (unpaired) electrons. The molecular formula is C12H20N2O3. The van der Waals surface area contributed by atoms with Gasteiger partial charge in [0.15, 0.2) is 0 Å². The molecule has 0 saturated carbocycles. The summed E-state index contributed by atoms with van der Waals surface area (Å²) in [6.07, 6.45) is 2.12. The van der Waals surface area contributed by atoms with E-state index in [1.165, 1.54) is 13.1 Å². The van der Waals surface area contributed by atoms with Gasteiger partial charge >= 0.3 is 0 Å². The van der Waals surface area contributed by atoms with Gasteiger partial charge in [0.2, 0.25) is 5.91 Å². The monoisotopic (exact) mass is 240 g/mol. The van der Waals surface area contributed by atoms with Crippen LogP contribution in [-0.2, 0) is 4.79 Å². The van der Waals surface area contributed by atoms with Crippen LogP contribution in [0.4, 0.5) is 5.82 Å². The van der Waals surface area contributed by atoms with Gasteiger partial charge < -0.3 is 15.2 Å². The van der Waals surface area contributed by atoms with E-state index in [-0.39, 0.29) is 12.5 Å². The van der Waals surface area contributed by atoms with E-state index in [4.69, 9.17) is 9.84 Å². The SMILES string of the molecule is CC.CC(=O)Nc1ccc(OCCCO)cn1. The van der Waals surface area contributed by atoms with Gasteiger partial charge in [0.1, 0.15) is 11.6 Å². The van der Waals surface area contributed by atoms with Crippen molar-refractivity contribution >= 4 is 11.7 Å². The van der Waals surface area contributed by atoms with Crippen LogP contribution in [0.1, 0.15) is 27.2 Å². The number of aliphatic hydroxyl groups excluding tert-OH is 1. The predicted octanol–water partition coefficient (Wildman–Crippen LogP) is 1.83. The number of hydrogen-bond donors (Lipinski definition) is 2. The second-order valence-corrected chi connectivity index (χ2v) is 2.99. The van der Waals surface area contributed by atoms with Gasteiger partial charge in [0.25, 0.3) is 0 Å². The maximum Gasteiger partial charge on any atom is 0.222 e. The number of anilines is 1. The summed E-state index contributed by atoms with van der Waals surface area (Å²) in [5, 5.41) is 11.1. The number of ether oxygens (including phenoxy) is 1. The molecule has 0 fully saturated rings. The summed E-state index contributed by atoms with van der Waals surface area (Å²) in [6.45, 7) is 5.99. The van der Waals surface area contributed by atoms with Crippen LogP contribution in [-0.4, -0.2) is 29.2 Å².